The van der Waals surface area contributed by atoms with Crippen molar-refractivity contribution in [3.63, 3.8) is 0 Å². The van der Waals surface area contributed by atoms with Crippen LogP contribution in [-0.4, -0.2) is 29.2 Å². The minimum Gasteiger partial charge on any atom is -0.497 e. The maximum atomic E-state index is 12.9. The van der Waals surface area contributed by atoms with Crippen LogP contribution in [-0.2, 0) is 9.84 Å². The minimum atomic E-state index is -3.62. The van der Waals surface area contributed by atoms with E-state index in [1.807, 2.05) is 6.92 Å². The van der Waals surface area contributed by atoms with Crippen molar-refractivity contribution in [2.24, 2.45) is 5.73 Å². The quantitative estimate of drug-likeness (QED) is 0.877. The van der Waals surface area contributed by atoms with Crippen LogP contribution in [0.3, 0.4) is 0 Å². The largest absolute Gasteiger partial charge is 0.497 e. The number of ether oxygens (including phenoxy) is 2. The molecule has 5 nitrogen and oxygen atoms in total. The summed E-state index contributed by atoms with van der Waals surface area (Å²) in [5.74, 6) is 1.03. The Morgan fingerprint density at radius 2 is 1.70 bits per heavy atom. The first-order valence-corrected chi connectivity index (χ1v) is 8.71. The second kappa shape index (κ2) is 7.02. The summed E-state index contributed by atoms with van der Waals surface area (Å²) < 4.78 is 36.3. The first kappa shape index (κ1) is 17.3. The Hall–Kier alpha value is -2.05. The van der Waals surface area contributed by atoms with Gasteiger partial charge in [0.2, 0.25) is 0 Å². The fraction of sp³-hybridized carbons (Fsp3) is 0.294. The molecular weight excluding hydrogens is 314 g/mol. The predicted octanol–water partition coefficient (Wildman–Crippen LogP) is 2.49. The molecule has 6 heteroatoms. The zero-order chi connectivity index (χ0) is 17.0. The smallest absolute Gasteiger partial charge is 0.186 e. The first-order chi connectivity index (χ1) is 10.9. The Labute approximate surface area is 137 Å². The summed E-state index contributed by atoms with van der Waals surface area (Å²) in [4.78, 5) is 0.247. The van der Waals surface area contributed by atoms with Gasteiger partial charge in [-0.3, -0.25) is 0 Å². The molecule has 0 radical (unpaired) electrons. The summed E-state index contributed by atoms with van der Waals surface area (Å²) in [7, 11) is -0.589. The van der Waals surface area contributed by atoms with E-state index < -0.39 is 15.1 Å². The van der Waals surface area contributed by atoms with Crippen molar-refractivity contribution in [1.29, 1.82) is 0 Å². The maximum Gasteiger partial charge on any atom is 0.186 e. The highest BCUT2D eigenvalue weighted by Crippen LogP contribution is 2.36. The van der Waals surface area contributed by atoms with Crippen molar-refractivity contribution < 1.29 is 17.9 Å². The third-order valence-corrected chi connectivity index (χ3v) is 5.85. The molecule has 2 aromatic rings. The molecule has 0 amide bonds. The van der Waals surface area contributed by atoms with E-state index in [4.69, 9.17) is 15.2 Å². The zero-order valence-corrected chi connectivity index (χ0v) is 14.3. The lowest BCUT2D eigenvalue weighted by atomic mass is 10.1. The van der Waals surface area contributed by atoms with Crippen molar-refractivity contribution in [2.45, 2.75) is 17.1 Å². The lowest BCUT2D eigenvalue weighted by Crippen LogP contribution is -2.23. The summed E-state index contributed by atoms with van der Waals surface area (Å²) in [6.07, 6.45) is 0. The number of nitrogens with two attached hydrogens (primary N) is 1. The summed E-state index contributed by atoms with van der Waals surface area (Å²) in [6.45, 7) is 1.86. The van der Waals surface area contributed by atoms with E-state index in [9.17, 15) is 8.42 Å². The predicted molar refractivity (Wildman–Crippen MR) is 89.7 cm³/mol. The van der Waals surface area contributed by atoms with Crippen LogP contribution in [0.5, 0.6) is 11.5 Å². The molecule has 0 saturated carbocycles. The molecule has 23 heavy (non-hydrogen) atoms. The van der Waals surface area contributed by atoms with Gasteiger partial charge in [0.1, 0.15) is 16.7 Å². The van der Waals surface area contributed by atoms with Crippen molar-refractivity contribution in [1.82, 2.24) is 0 Å². The summed E-state index contributed by atoms with van der Waals surface area (Å²) in [6, 6.07) is 11.8. The maximum absolute atomic E-state index is 12.9. The van der Waals surface area contributed by atoms with E-state index in [1.54, 1.807) is 42.5 Å². The van der Waals surface area contributed by atoms with Gasteiger partial charge in [-0.2, -0.15) is 0 Å². The van der Waals surface area contributed by atoms with E-state index in [0.29, 0.717) is 17.1 Å². The van der Waals surface area contributed by atoms with E-state index >= 15 is 0 Å². The standard InChI is InChI=1S/C17H21NO4S/c1-12-4-7-14(8-5-12)23(19,20)17(11-18)15-9-6-13(21-2)10-16(15)22-3/h4-10,17H,11,18H2,1-3H3/t17-/m0/s1. The van der Waals surface area contributed by atoms with Gasteiger partial charge in [-0.25, -0.2) is 8.42 Å². The number of methoxy groups -OCH3 is 2. The normalized spacial score (nSPS) is 12.7. The second-order valence-corrected chi connectivity index (χ2v) is 7.32. The lowest BCUT2D eigenvalue weighted by molar-refractivity contribution is 0.390. The Balaban J connectivity index is 2.52. The van der Waals surface area contributed by atoms with Crippen molar-refractivity contribution in [2.75, 3.05) is 20.8 Å². The van der Waals surface area contributed by atoms with Gasteiger partial charge in [0.25, 0.3) is 0 Å². The van der Waals surface area contributed by atoms with Gasteiger partial charge in [-0.1, -0.05) is 23.8 Å². The molecule has 1 atom stereocenters. The molecule has 0 bridgehead atoms. The van der Waals surface area contributed by atoms with Gasteiger partial charge in [0.05, 0.1) is 19.1 Å². The number of hydrogen-bond acceptors (Lipinski definition) is 5. The highest BCUT2D eigenvalue weighted by Gasteiger charge is 2.30. The molecule has 2 N–H and O–H groups in total. The third kappa shape index (κ3) is 3.48. The van der Waals surface area contributed by atoms with Gasteiger partial charge in [0.15, 0.2) is 9.84 Å². The summed E-state index contributed by atoms with van der Waals surface area (Å²) in [5.41, 5.74) is 7.31. The number of rotatable bonds is 6. The topological polar surface area (TPSA) is 78.6 Å². The first-order valence-electron chi connectivity index (χ1n) is 7.16. The highest BCUT2D eigenvalue weighted by molar-refractivity contribution is 7.91. The van der Waals surface area contributed by atoms with Gasteiger partial charge < -0.3 is 15.2 Å². The molecule has 0 aliphatic heterocycles. The average Bonchev–Trinajstić information content (AvgIpc) is 2.56. The monoisotopic (exact) mass is 335 g/mol. The van der Waals surface area contributed by atoms with Crippen LogP contribution >= 0.6 is 0 Å². The Morgan fingerprint density at radius 1 is 1.04 bits per heavy atom. The molecular formula is C17H21NO4S. The number of sulfone groups is 1. The second-order valence-electron chi connectivity index (χ2n) is 5.19. The fourth-order valence-electron chi connectivity index (χ4n) is 2.40. The van der Waals surface area contributed by atoms with Gasteiger partial charge in [-0.15, -0.1) is 0 Å². The van der Waals surface area contributed by atoms with E-state index in [-0.39, 0.29) is 11.4 Å². The van der Waals surface area contributed by atoms with Crippen molar-refractivity contribution in [3.05, 3.63) is 53.6 Å². The highest BCUT2D eigenvalue weighted by atomic mass is 32.2. The number of aryl methyl sites for hydroxylation is 1. The van der Waals surface area contributed by atoms with Crippen LogP contribution in [0, 0.1) is 6.92 Å². The third-order valence-electron chi connectivity index (χ3n) is 3.73. The van der Waals surface area contributed by atoms with Crippen molar-refractivity contribution >= 4 is 9.84 Å². The summed E-state index contributed by atoms with van der Waals surface area (Å²) in [5, 5.41) is -0.883. The SMILES string of the molecule is COc1ccc([C@H](CN)S(=O)(=O)c2ccc(C)cc2)c(OC)c1. The van der Waals surface area contributed by atoms with Crippen LogP contribution < -0.4 is 15.2 Å². The van der Waals surface area contributed by atoms with E-state index in [1.165, 1.54) is 14.2 Å². The Morgan fingerprint density at radius 3 is 2.22 bits per heavy atom. The van der Waals surface area contributed by atoms with Gasteiger partial charge >= 0.3 is 0 Å². The molecule has 0 aromatic heterocycles. The van der Waals surface area contributed by atoms with Gasteiger partial charge in [-0.05, 0) is 25.1 Å². The molecule has 0 heterocycles. The number of benzene rings is 2. The Kier molecular flexibility index (Phi) is 5.28. The zero-order valence-electron chi connectivity index (χ0n) is 13.4. The molecule has 0 unspecified atom stereocenters. The molecule has 0 spiro atoms. The van der Waals surface area contributed by atoms with Crippen LogP contribution in [0.2, 0.25) is 0 Å². The van der Waals surface area contributed by atoms with Crippen LogP contribution in [0.4, 0.5) is 0 Å². The lowest BCUT2D eigenvalue weighted by Gasteiger charge is -2.19. The molecule has 124 valence electrons. The molecule has 0 saturated heterocycles. The van der Waals surface area contributed by atoms with Crippen molar-refractivity contribution in [3.8, 4) is 11.5 Å². The van der Waals surface area contributed by atoms with Crippen LogP contribution in [0.15, 0.2) is 47.4 Å². The molecule has 2 aromatic carbocycles. The fourth-order valence-corrected chi connectivity index (χ4v) is 4.02. The molecule has 0 fully saturated rings. The molecule has 0 aliphatic carbocycles. The minimum absolute atomic E-state index is 0.0428. The van der Waals surface area contributed by atoms with Gasteiger partial charge in [0, 0.05) is 18.2 Å². The van der Waals surface area contributed by atoms with E-state index in [0.717, 1.165) is 5.56 Å². The molecule has 2 rings (SSSR count). The summed E-state index contributed by atoms with van der Waals surface area (Å²) >= 11 is 0. The van der Waals surface area contributed by atoms with Crippen LogP contribution in [0.1, 0.15) is 16.4 Å². The number of hydrogen-bond donors (Lipinski definition) is 1. The molecule has 0 aliphatic rings. The Bertz CT molecular complexity index is 770. The van der Waals surface area contributed by atoms with Crippen LogP contribution in [0.25, 0.3) is 0 Å². The van der Waals surface area contributed by atoms with E-state index in [2.05, 4.69) is 0 Å². The average molecular weight is 335 g/mol.